The van der Waals surface area contributed by atoms with Gasteiger partial charge >= 0.3 is 12.1 Å². The molecule has 194 valence electrons. The van der Waals surface area contributed by atoms with E-state index in [-0.39, 0.29) is 23.9 Å². The van der Waals surface area contributed by atoms with Crippen LogP contribution >= 0.6 is 0 Å². The van der Waals surface area contributed by atoms with E-state index in [4.69, 9.17) is 9.90 Å². The smallest absolute Gasteiger partial charge is 0.475 e. The zero-order valence-corrected chi connectivity index (χ0v) is 20.1. The van der Waals surface area contributed by atoms with E-state index >= 15 is 0 Å². The molecule has 1 fully saturated rings. The van der Waals surface area contributed by atoms with Crippen LogP contribution in [0.5, 0.6) is 0 Å². The third-order valence-electron chi connectivity index (χ3n) is 6.01. The summed E-state index contributed by atoms with van der Waals surface area (Å²) in [6, 6.07) is 12.2. The highest BCUT2D eigenvalue weighted by Crippen LogP contribution is 2.26. The molecule has 36 heavy (non-hydrogen) atoms. The number of para-hydroxylation sites is 1. The van der Waals surface area contributed by atoms with Crippen LogP contribution in [0.15, 0.2) is 36.4 Å². The number of aliphatic carboxylic acids is 1. The van der Waals surface area contributed by atoms with Gasteiger partial charge < -0.3 is 20.6 Å². The van der Waals surface area contributed by atoms with Crippen LogP contribution in [0.3, 0.4) is 0 Å². The lowest BCUT2D eigenvalue weighted by molar-refractivity contribution is -0.192. The number of halogens is 3. The number of anilines is 1. The first-order valence-electron chi connectivity index (χ1n) is 11.6. The molecule has 2 aliphatic rings. The van der Waals surface area contributed by atoms with E-state index in [0.717, 1.165) is 36.2 Å². The van der Waals surface area contributed by atoms with Crippen LogP contribution in [0.4, 0.5) is 18.9 Å². The largest absolute Gasteiger partial charge is 0.490 e. The number of hydrogen-bond donors (Lipinski definition) is 3. The lowest BCUT2D eigenvalue weighted by Gasteiger charge is -2.25. The molecule has 0 saturated carbocycles. The van der Waals surface area contributed by atoms with E-state index < -0.39 is 12.1 Å². The monoisotopic (exact) mass is 506 g/mol. The summed E-state index contributed by atoms with van der Waals surface area (Å²) < 4.78 is 31.7. The molecule has 3 heterocycles. The standard InChI is InChI=1S/C23H28N4O2.C2HF3O2/c1-15-10-16(2)25-21(11-15)23(29)27-9-5-7-19(27)14-24-22(28)13-18-12-17-6-3-4-8-20(17)26-18;3-2(4,5)1(6)7/h3-4,6,8,10-11,18-19,26H,5,7,9,12-14H2,1-2H3,(H,24,28);(H,6,7)/t18-,19+;/m0./s1. The van der Waals surface area contributed by atoms with Crippen LogP contribution < -0.4 is 10.6 Å². The Morgan fingerprint density at radius 3 is 2.53 bits per heavy atom. The maximum Gasteiger partial charge on any atom is 0.490 e. The summed E-state index contributed by atoms with van der Waals surface area (Å²) in [6.07, 6.45) is -1.91. The molecule has 3 N–H and O–H groups in total. The van der Waals surface area contributed by atoms with Crippen LogP contribution in [0.25, 0.3) is 0 Å². The topological polar surface area (TPSA) is 112 Å². The van der Waals surface area contributed by atoms with Gasteiger partial charge in [-0.25, -0.2) is 9.78 Å². The molecule has 2 amide bonds. The first-order chi connectivity index (χ1) is 16.9. The van der Waals surface area contributed by atoms with Gasteiger partial charge in [0, 0.05) is 43.0 Å². The van der Waals surface area contributed by atoms with Crippen molar-refractivity contribution in [1.29, 1.82) is 0 Å². The summed E-state index contributed by atoms with van der Waals surface area (Å²) in [5, 5.41) is 13.6. The Morgan fingerprint density at radius 2 is 1.89 bits per heavy atom. The SMILES string of the molecule is Cc1cc(C)nc(C(=O)N2CCC[C@@H]2CNC(=O)C[C@@H]2Cc3ccccc3N2)c1.O=C(O)C(F)(F)F. The van der Waals surface area contributed by atoms with Gasteiger partial charge in [0.25, 0.3) is 5.91 Å². The maximum absolute atomic E-state index is 13.0. The van der Waals surface area contributed by atoms with E-state index in [1.165, 1.54) is 5.56 Å². The second kappa shape index (κ2) is 11.4. The molecule has 0 aliphatic carbocycles. The number of nitrogens with one attached hydrogen (secondary N) is 2. The van der Waals surface area contributed by atoms with Crippen molar-refractivity contribution in [3.8, 4) is 0 Å². The zero-order chi connectivity index (χ0) is 26.5. The Hall–Kier alpha value is -3.63. The number of carboxylic acid groups (broad SMARTS) is 1. The molecule has 2 aliphatic heterocycles. The van der Waals surface area contributed by atoms with Gasteiger partial charge in [-0.3, -0.25) is 9.59 Å². The summed E-state index contributed by atoms with van der Waals surface area (Å²) in [4.78, 5) is 40.6. The van der Waals surface area contributed by atoms with Crippen LogP contribution in [0.2, 0.25) is 0 Å². The number of carbonyl (C=O) groups excluding carboxylic acids is 2. The number of aromatic nitrogens is 1. The first kappa shape index (κ1) is 27.0. The van der Waals surface area contributed by atoms with E-state index in [9.17, 15) is 22.8 Å². The van der Waals surface area contributed by atoms with Crippen LogP contribution in [-0.2, 0) is 16.0 Å². The number of likely N-dealkylation sites (tertiary alicyclic amines) is 1. The number of carboxylic acids is 1. The number of benzene rings is 1. The molecule has 2 aromatic rings. The van der Waals surface area contributed by atoms with E-state index in [2.05, 4.69) is 27.8 Å². The molecule has 11 heteroatoms. The lowest BCUT2D eigenvalue weighted by Crippen LogP contribution is -2.44. The van der Waals surface area contributed by atoms with Crippen LogP contribution in [0.1, 0.15) is 46.6 Å². The number of nitrogens with zero attached hydrogens (tertiary/aromatic N) is 2. The van der Waals surface area contributed by atoms with Gasteiger partial charge in [0.2, 0.25) is 5.91 Å². The quantitative estimate of drug-likeness (QED) is 0.573. The third-order valence-corrected chi connectivity index (χ3v) is 6.01. The number of aryl methyl sites for hydroxylation is 2. The lowest BCUT2D eigenvalue weighted by atomic mass is 10.1. The predicted molar refractivity (Wildman–Crippen MR) is 127 cm³/mol. The molecule has 0 radical (unpaired) electrons. The van der Waals surface area contributed by atoms with Crippen molar-refractivity contribution in [2.45, 2.75) is 57.8 Å². The number of carbonyl (C=O) groups is 3. The molecule has 1 aromatic heterocycles. The minimum atomic E-state index is -5.08. The Balaban J connectivity index is 0.000000454. The molecule has 2 atom stereocenters. The molecule has 0 spiro atoms. The van der Waals surface area contributed by atoms with Crippen molar-refractivity contribution in [2.75, 3.05) is 18.4 Å². The molecule has 0 bridgehead atoms. The summed E-state index contributed by atoms with van der Waals surface area (Å²) in [5.41, 5.74) is 4.77. The van der Waals surface area contributed by atoms with Crippen molar-refractivity contribution >= 4 is 23.5 Å². The fraction of sp³-hybridized carbons (Fsp3) is 0.440. The molecule has 0 unspecified atom stereocenters. The highest BCUT2D eigenvalue weighted by Gasteiger charge is 2.38. The normalized spacial score (nSPS) is 18.5. The minimum Gasteiger partial charge on any atom is -0.475 e. The van der Waals surface area contributed by atoms with Gasteiger partial charge in [-0.2, -0.15) is 13.2 Å². The second-order valence-corrected chi connectivity index (χ2v) is 8.98. The Labute approximate surface area is 206 Å². The number of fused-ring (bicyclic) bond motifs is 1. The predicted octanol–water partition coefficient (Wildman–Crippen LogP) is 3.48. The number of alkyl halides is 3. The fourth-order valence-electron chi connectivity index (χ4n) is 4.44. The molecule has 1 aromatic carbocycles. The van der Waals surface area contributed by atoms with Crippen molar-refractivity contribution in [3.63, 3.8) is 0 Å². The molecular weight excluding hydrogens is 477 g/mol. The molecule has 1 saturated heterocycles. The number of amides is 2. The van der Waals surface area contributed by atoms with Crippen molar-refractivity contribution in [1.82, 2.24) is 15.2 Å². The van der Waals surface area contributed by atoms with Crippen molar-refractivity contribution in [2.24, 2.45) is 0 Å². The first-order valence-corrected chi connectivity index (χ1v) is 11.6. The van der Waals surface area contributed by atoms with Crippen molar-refractivity contribution < 1.29 is 32.7 Å². The van der Waals surface area contributed by atoms with Gasteiger partial charge in [-0.05, 0) is 62.4 Å². The van der Waals surface area contributed by atoms with E-state index in [1.54, 1.807) is 0 Å². The molecule has 4 rings (SSSR count). The fourth-order valence-corrected chi connectivity index (χ4v) is 4.44. The van der Waals surface area contributed by atoms with Gasteiger partial charge in [0.15, 0.2) is 0 Å². The highest BCUT2D eigenvalue weighted by molar-refractivity contribution is 5.93. The van der Waals surface area contributed by atoms with Crippen molar-refractivity contribution in [3.05, 3.63) is 58.9 Å². The van der Waals surface area contributed by atoms with Gasteiger partial charge in [-0.1, -0.05) is 18.2 Å². The average molecular weight is 507 g/mol. The summed E-state index contributed by atoms with van der Waals surface area (Å²) >= 11 is 0. The summed E-state index contributed by atoms with van der Waals surface area (Å²) in [6.45, 7) is 5.09. The van der Waals surface area contributed by atoms with Gasteiger partial charge in [0.1, 0.15) is 5.69 Å². The number of pyridine rings is 1. The zero-order valence-electron chi connectivity index (χ0n) is 20.1. The number of rotatable bonds is 5. The maximum atomic E-state index is 13.0. The van der Waals surface area contributed by atoms with Gasteiger partial charge in [-0.15, -0.1) is 0 Å². The molecule has 8 nitrogen and oxygen atoms in total. The average Bonchev–Trinajstić information content (AvgIpc) is 3.42. The van der Waals surface area contributed by atoms with Crippen LogP contribution in [-0.4, -0.2) is 64.1 Å². The third kappa shape index (κ3) is 7.19. The van der Waals surface area contributed by atoms with Gasteiger partial charge in [0.05, 0.1) is 0 Å². The minimum absolute atomic E-state index is 0.0270. The second-order valence-electron chi connectivity index (χ2n) is 8.98. The Morgan fingerprint density at radius 1 is 1.19 bits per heavy atom. The molecular formula is C25H29F3N4O4. The van der Waals surface area contributed by atoms with E-state index in [0.29, 0.717) is 25.2 Å². The van der Waals surface area contributed by atoms with Crippen LogP contribution in [0, 0.1) is 13.8 Å². The van der Waals surface area contributed by atoms with E-state index in [1.807, 2.05) is 43.0 Å². The highest BCUT2D eigenvalue weighted by atomic mass is 19.4. The summed E-state index contributed by atoms with van der Waals surface area (Å²) in [7, 11) is 0. The summed E-state index contributed by atoms with van der Waals surface area (Å²) in [5.74, 6) is -2.77. The Kier molecular flexibility index (Phi) is 8.54. The Bertz CT molecular complexity index is 1080. The number of hydrogen-bond acceptors (Lipinski definition) is 5.